The number of hydrogen-bond donors (Lipinski definition) is 3. The Morgan fingerprint density at radius 3 is 2.17 bits per heavy atom. The fourth-order valence-corrected chi connectivity index (χ4v) is 2.78. The lowest BCUT2D eigenvalue weighted by molar-refractivity contribution is 0.276. The van der Waals surface area contributed by atoms with Gasteiger partial charge in [0.25, 0.3) is 0 Å². The van der Waals surface area contributed by atoms with Gasteiger partial charge in [-0.15, -0.1) is 0 Å². The van der Waals surface area contributed by atoms with Crippen LogP contribution in [0.2, 0.25) is 0 Å². The molecule has 0 amide bonds. The van der Waals surface area contributed by atoms with Crippen molar-refractivity contribution in [2.45, 2.75) is 6.04 Å². The molecule has 29 heavy (non-hydrogen) atoms. The first kappa shape index (κ1) is 20.2. The number of aliphatic hydroxyl groups excluding tert-OH is 1. The van der Waals surface area contributed by atoms with E-state index in [0.717, 1.165) is 5.56 Å². The molecule has 3 aromatic rings. The molecule has 0 aliphatic carbocycles. The van der Waals surface area contributed by atoms with Crippen molar-refractivity contribution in [3.05, 3.63) is 54.4 Å². The quantitative estimate of drug-likeness (QED) is 0.502. The Hall–Kier alpha value is -3.59. The molecule has 0 aliphatic heterocycles. The van der Waals surface area contributed by atoms with Crippen LogP contribution in [0.5, 0.6) is 17.2 Å². The van der Waals surface area contributed by atoms with E-state index >= 15 is 0 Å². The van der Waals surface area contributed by atoms with Gasteiger partial charge < -0.3 is 30.0 Å². The van der Waals surface area contributed by atoms with Gasteiger partial charge in [-0.25, -0.2) is 9.97 Å². The smallest absolute Gasteiger partial charge is 0.231 e. The van der Waals surface area contributed by atoms with Crippen molar-refractivity contribution in [2.24, 2.45) is 0 Å². The summed E-state index contributed by atoms with van der Waals surface area (Å²) in [6.07, 6.45) is 1.38. The highest BCUT2D eigenvalue weighted by molar-refractivity contribution is 5.65. The van der Waals surface area contributed by atoms with Crippen LogP contribution in [-0.4, -0.2) is 48.0 Å². The van der Waals surface area contributed by atoms with E-state index in [0.29, 0.717) is 34.8 Å². The molecule has 1 heterocycles. The first-order valence-electron chi connectivity index (χ1n) is 8.87. The second-order valence-electron chi connectivity index (χ2n) is 5.96. The highest BCUT2D eigenvalue weighted by Gasteiger charge is 2.15. The summed E-state index contributed by atoms with van der Waals surface area (Å²) in [7, 11) is 4.64. The molecule has 0 fully saturated rings. The molecule has 0 saturated heterocycles. The van der Waals surface area contributed by atoms with Crippen molar-refractivity contribution in [1.82, 2.24) is 15.0 Å². The van der Waals surface area contributed by atoms with Gasteiger partial charge in [-0.1, -0.05) is 30.3 Å². The highest BCUT2D eigenvalue weighted by atomic mass is 16.5. The zero-order chi connectivity index (χ0) is 20.6. The van der Waals surface area contributed by atoms with Crippen molar-refractivity contribution < 1.29 is 19.3 Å². The molecule has 9 heteroatoms. The summed E-state index contributed by atoms with van der Waals surface area (Å²) in [5.41, 5.74) is 1.58. The number of anilines is 3. The first-order chi connectivity index (χ1) is 14.2. The van der Waals surface area contributed by atoms with Gasteiger partial charge in [0.15, 0.2) is 11.5 Å². The SMILES string of the molecule is COc1cc(Nc2ncnc(NC(CO)c3ccccc3)n2)cc(OC)c1OC. The third-order valence-electron chi connectivity index (χ3n) is 4.18. The Morgan fingerprint density at radius 1 is 0.931 bits per heavy atom. The van der Waals surface area contributed by atoms with Crippen molar-refractivity contribution in [3.8, 4) is 17.2 Å². The topological polar surface area (TPSA) is 111 Å². The Balaban J connectivity index is 1.81. The molecule has 0 aliphatic rings. The van der Waals surface area contributed by atoms with Crippen LogP contribution in [0, 0.1) is 0 Å². The monoisotopic (exact) mass is 397 g/mol. The number of aromatic nitrogens is 3. The van der Waals surface area contributed by atoms with E-state index in [1.54, 1.807) is 33.5 Å². The summed E-state index contributed by atoms with van der Waals surface area (Å²) in [4.78, 5) is 12.6. The average molecular weight is 397 g/mol. The van der Waals surface area contributed by atoms with Crippen molar-refractivity contribution in [1.29, 1.82) is 0 Å². The van der Waals surface area contributed by atoms with Gasteiger partial charge in [-0.2, -0.15) is 4.98 Å². The van der Waals surface area contributed by atoms with E-state index in [1.165, 1.54) is 6.33 Å². The number of ether oxygens (including phenoxy) is 3. The van der Waals surface area contributed by atoms with Crippen LogP contribution >= 0.6 is 0 Å². The van der Waals surface area contributed by atoms with E-state index in [4.69, 9.17) is 14.2 Å². The Kier molecular flexibility index (Phi) is 6.64. The largest absolute Gasteiger partial charge is 0.493 e. The number of nitrogens with one attached hydrogen (secondary N) is 2. The second-order valence-corrected chi connectivity index (χ2v) is 5.96. The van der Waals surface area contributed by atoms with Gasteiger partial charge in [0.2, 0.25) is 17.6 Å². The second kappa shape index (κ2) is 9.56. The first-order valence-corrected chi connectivity index (χ1v) is 8.87. The summed E-state index contributed by atoms with van der Waals surface area (Å²) >= 11 is 0. The van der Waals surface area contributed by atoms with Crippen molar-refractivity contribution in [3.63, 3.8) is 0 Å². The summed E-state index contributed by atoms with van der Waals surface area (Å²) in [5.74, 6) is 2.16. The highest BCUT2D eigenvalue weighted by Crippen LogP contribution is 2.40. The predicted octanol–water partition coefficient (Wildman–Crippen LogP) is 2.79. The minimum Gasteiger partial charge on any atom is -0.493 e. The van der Waals surface area contributed by atoms with E-state index in [2.05, 4.69) is 25.6 Å². The molecule has 3 rings (SSSR count). The summed E-state index contributed by atoms with van der Waals surface area (Å²) in [5, 5.41) is 15.9. The normalized spacial score (nSPS) is 11.4. The van der Waals surface area contributed by atoms with Crippen LogP contribution in [0.3, 0.4) is 0 Å². The van der Waals surface area contributed by atoms with E-state index < -0.39 is 0 Å². The Labute approximate surface area is 168 Å². The lowest BCUT2D eigenvalue weighted by atomic mass is 10.1. The number of rotatable bonds is 9. The maximum atomic E-state index is 9.72. The minimum atomic E-state index is -0.340. The van der Waals surface area contributed by atoms with Gasteiger partial charge in [0.1, 0.15) is 6.33 Å². The van der Waals surface area contributed by atoms with Crippen molar-refractivity contribution in [2.75, 3.05) is 38.6 Å². The number of hydrogen-bond acceptors (Lipinski definition) is 9. The Morgan fingerprint density at radius 2 is 1.59 bits per heavy atom. The summed E-state index contributed by atoms with van der Waals surface area (Å²) in [6, 6.07) is 12.7. The molecule has 1 unspecified atom stereocenters. The van der Waals surface area contributed by atoms with Crippen LogP contribution in [0.1, 0.15) is 11.6 Å². The minimum absolute atomic E-state index is 0.106. The molecule has 0 saturated carbocycles. The van der Waals surface area contributed by atoms with Crippen LogP contribution in [0.25, 0.3) is 0 Å². The fourth-order valence-electron chi connectivity index (χ4n) is 2.78. The molecule has 9 nitrogen and oxygen atoms in total. The third-order valence-corrected chi connectivity index (χ3v) is 4.18. The molecular weight excluding hydrogens is 374 g/mol. The number of nitrogens with zero attached hydrogens (tertiary/aromatic N) is 3. The molecule has 2 aromatic carbocycles. The van der Waals surface area contributed by atoms with Gasteiger partial charge in [0, 0.05) is 17.8 Å². The molecule has 1 atom stereocenters. The van der Waals surface area contributed by atoms with Crippen LogP contribution in [0.15, 0.2) is 48.8 Å². The molecule has 1 aromatic heterocycles. The molecule has 0 radical (unpaired) electrons. The van der Waals surface area contributed by atoms with Crippen LogP contribution in [0.4, 0.5) is 17.6 Å². The van der Waals surface area contributed by atoms with E-state index in [-0.39, 0.29) is 12.6 Å². The zero-order valence-electron chi connectivity index (χ0n) is 16.4. The molecule has 152 valence electrons. The zero-order valence-corrected chi connectivity index (χ0v) is 16.4. The lowest BCUT2D eigenvalue weighted by Gasteiger charge is -2.17. The standard InChI is InChI=1S/C20H23N5O4/c1-27-16-9-14(10-17(28-2)18(16)29-3)23-19-21-12-22-20(25-19)24-15(11-26)13-7-5-4-6-8-13/h4-10,12,15,26H,11H2,1-3H3,(H2,21,22,23,24,25). The molecule has 3 N–H and O–H groups in total. The van der Waals surface area contributed by atoms with Gasteiger partial charge in [-0.05, 0) is 5.56 Å². The lowest BCUT2D eigenvalue weighted by Crippen LogP contribution is -2.17. The maximum absolute atomic E-state index is 9.72. The number of methoxy groups -OCH3 is 3. The van der Waals surface area contributed by atoms with Crippen molar-refractivity contribution >= 4 is 17.6 Å². The summed E-state index contributed by atoms with van der Waals surface area (Å²) < 4.78 is 16.0. The molecule has 0 bridgehead atoms. The molecule has 0 spiro atoms. The van der Waals surface area contributed by atoms with Crippen LogP contribution in [-0.2, 0) is 0 Å². The van der Waals surface area contributed by atoms with Gasteiger partial charge in [0.05, 0.1) is 34.0 Å². The van der Waals surface area contributed by atoms with Crippen LogP contribution < -0.4 is 24.8 Å². The van der Waals surface area contributed by atoms with E-state index in [1.807, 2.05) is 30.3 Å². The predicted molar refractivity (Wildman–Crippen MR) is 109 cm³/mol. The third kappa shape index (κ3) is 4.82. The van der Waals surface area contributed by atoms with Gasteiger partial charge >= 0.3 is 0 Å². The Bertz CT molecular complexity index is 914. The number of benzene rings is 2. The molecular formula is C20H23N5O4. The summed E-state index contributed by atoms with van der Waals surface area (Å²) in [6.45, 7) is -0.106. The average Bonchev–Trinajstić information content (AvgIpc) is 2.77. The van der Waals surface area contributed by atoms with E-state index in [9.17, 15) is 5.11 Å². The maximum Gasteiger partial charge on any atom is 0.231 e. The van der Waals surface area contributed by atoms with Gasteiger partial charge in [-0.3, -0.25) is 0 Å². The number of aliphatic hydroxyl groups is 1. The fraction of sp³-hybridized carbons (Fsp3) is 0.250.